The van der Waals surface area contributed by atoms with Crippen molar-refractivity contribution < 1.29 is 4.74 Å². The van der Waals surface area contributed by atoms with Crippen LogP contribution in [0.1, 0.15) is 11.1 Å². The van der Waals surface area contributed by atoms with Crippen LogP contribution in [0.15, 0.2) is 42.5 Å². The molecule has 0 N–H and O–H groups in total. The number of hydrogen-bond acceptors (Lipinski definition) is 2. The lowest BCUT2D eigenvalue weighted by atomic mass is 10.0. The third kappa shape index (κ3) is 3.33. The van der Waals surface area contributed by atoms with Crippen LogP contribution in [0.4, 0.5) is 0 Å². The summed E-state index contributed by atoms with van der Waals surface area (Å²) in [5, 5.41) is 10.4. The fourth-order valence-electron chi connectivity index (χ4n) is 1.75. The Morgan fingerprint density at radius 2 is 1.85 bits per heavy atom. The topological polar surface area (TPSA) is 33.0 Å². The van der Waals surface area contributed by atoms with Gasteiger partial charge in [0.15, 0.2) is 0 Å². The number of methoxy groups -OCH3 is 1. The Hall–Kier alpha value is -1.95. The van der Waals surface area contributed by atoms with E-state index < -0.39 is 0 Å². The van der Waals surface area contributed by atoms with Crippen molar-refractivity contribution in [2.75, 3.05) is 7.11 Å². The maximum absolute atomic E-state index is 9.27. The van der Waals surface area contributed by atoms with Gasteiger partial charge in [0.25, 0.3) is 0 Å². The molecule has 0 bridgehead atoms. The van der Waals surface area contributed by atoms with Crippen molar-refractivity contribution in [1.82, 2.24) is 0 Å². The van der Waals surface area contributed by atoms with Crippen LogP contribution >= 0.6 is 23.2 Å². The summed E-state index contributed by atoms with van der Waals surface area (Å²) in [6.07, 6.45) is 1.77. The number of ether oxygens (including phenoxy) is 1. The molecule has 100 valence electrons. The zero-order chi connectivity index (χ0) is 14.5. The summed E-state index contributed by atoms with van der Waals surface area (Å²) >= 11 is 11.9. The van der Waals surface area contributed by atoms with E-state index in [1.807, 2.05) is 18.2 Å². The monoisotopic (exact) mass is 303 g/mol. The molecule has 2 aromatic carbocycles. The molecule has 4 heteroatoms. The van der Waals surface area contributed by atoms with Gasteiger partial charge in [0.2, 0.25) is 0 Å². The summed E-state index contributed by atoms with van der Waals surface area (Å²) in [4.78, 5) is 0. The summed E-state index contributed by atoms with van der Waals surface area (Å²) in [6, 6.07) is 14.7. The number of allylic oxidation sites excluding steroid dienone is 1. The van der Waals surface area contributed by atoms with E-state index in [9.17, 15) is 5.26 Å². The Balaban J connectivity index is 2.39. The molecule has 0 heterocycles. The van der Waals surface area contributed by atoms with Crippen LogP contribution in [0.3, 0.4) is 0 Å². The molecule has 0 saturated heterocycles. The molecule has 0 aliphatic heterocycles. The highest BCUT2D eigenvalue weighted by atomic mass is 35.5. The highest BCUT2D eigenvalue weighted by molar-refractivity contribution is 6.32. The SMILES string of the molecule is COc1ccc(/C=C(\C#N)c2ccc(Cl)cc2)cc1Cl. The van der Waals surface area contributed by atoms with E-state index in [-0.39, 0.29) is 0 Å². The molecular weight excluding hydrogens is 293 g/mol. The maximum atomic E-state index is 9.27. The van der Waals surface area contributed by atoms with Crippen molar-refractivity contribution in [3.8, 4) is 11.8 Å². The molecule has 2 rings (SSSR count). The molecule has 0 saturated carbocycles. The molecule has 0 amide bonds. The van der Waals surface area contributed by atoms with Gasteiger partial charge in [-0.3, -0.25) is 0 Å². The first-order valence-electron chi connectivity index (χ1n) is 5.85. The van der Waals surface area contributed by atoms with Crippen molar-refractivity contribution in [2.45, 2.75) is 0 Å². The molecule has 20 heavy (non-hydrogen) atoms. The zero-order valence-electron chi connectivity index (χ0n) is 10.7. The average molecular weight is 304 g/mol. The summed E-state index contributed by atoms with van der Waals surface area (Å²) < 4.78 is 5.10. The molecular formula is C16H11Cl2NO. The first kappa shape index (κ1) is 14.5. The van der Waals surface area contributed by atoms with E-state index in [0.717, 1.165) is 11.1 Å². The van der Waals surface area contributed by atoms with Crippen molar-refractivity contribution in [3.05, 3.63) is 63.6 Å². The van der Waals surface area contributed by atoms with Gasteiger partial charge in [-0.1, -0.05) is 41.4 Å². The number of benzene rings is 2. The van der Waals surface area contributed by atoms with Gasteiger partial charge in [-0.15, -0.1) is 0 Å². The summed E-state index contributed by atoms with van der Waals surface area (Å²) in [7, 11) is 1.56. The third-order valence-electron chi connectivity index (χ3n) is 2.76. The lowest BCUT2D eigenvalue weighted by Crippen LogP contribution is -1.85. The van der Waals surface area contributed by atoms with Gasteiger partial charge in [0.05, 0.1) is 23.8 Å². The predicted molar refractivity (Wildman–Crippen MR) is 82.9 cm³/mol. The molecule has 2 nitrogen and oxygen atoms in total. The van der Waals surface area contributed by atoms with Gasteiger partial charge < -0.3 is 4.74 Å². The third-order valence-corrected chi connectivity index (χ3v) is 3.31. The summed E-state index contributed by atoms with van der Waals surface area (Å²) in [5.41, 5.74) is 2.19. The van der Waals surface area contributed by atoms with Crippen LogP contribution < -0.4 is 4.74 Å². The van der Waals surface area contributed by atoms with Gasteiger partial charge in [-0.2, -0.15) is 5.26 Å². The maximum Gasteiger partial charge on any atom is 0.137 e. The predicted octanol–water partition coefficient (Wildman–Crippen LogP) is 5.07. The largest absolute Gasteiger partial charge is 0.495 e. The Kier molecular flexibility index (Phi) is 4.68. The fourth-order valence-corrected chi connectivity index (χ4v) is 2.14. The Labute approximate surface area is 127 Å². The van der Waals surface area contributed by atoms with Crippen molar-refractivity contribution in [3.63, 3.8) is 0 Å². The minimum atomic E-state index is 0.509. The highest BCUT2D eigenvalue weighted by Gasteiger charge is 2.04. The van der Waals surface area contributed by atoms with E-state index in [0.29, 0.717) is 21.4 Å². The van der Waals surface area contributed by atoms with Gasteiger partial charge >= 0.3 is 0 Å². The van der Waals surface area contributed by atoms with E-state index in [4.69, 9.17) is 27.9 Å². The minimum Gasteiger partial charge on any atom is -0.495 e. The van der Waals surface area contributed by atoms with Crippen LogP contribution in [0.25, 0.3) is 11.6 Å². The van der Waals surface area contributed by atoms with Gasteiger partial charge in [0.1, 0.15) is 5.75 Å². The van der Waals surface area contributed by atoms with Crippen LogP contribution in [0, 0.1) is 11.3 Å². The summed E-state index contributed by atoms with van der Waals surface area (Å²) in [5.74, 6) is 0.605. The van der Waals surface area contributed by atoms with Gasteiger partial charge in [-0.25, -0.2) is 0 Å². The molecule has 0 spiro atoms. The fraction of sp³-hybridized carbons (Fsp3) is 0.0625. The van der Waals surface area contributed by atoms with Crippen molar-refractivity contribution in [2.24, 2.45) is 0 Å². The lowest BCUT2D eigenvalue weighted by Gasteiger charge is -2.04. The molecule has 0 aliphatic carbocycles. The number of rotatable bonds is 3. The van der Waals surface area contributed by atoms with Crippen molar-refractivity contribution in [1.29, 1.82) is 5.26 Å². The highest BCUT2D eigenvalue weighted by Crippen LogP contribution is 2.27. The summed E-state index contributed by atoms with van der Waals surface area (Å²) in [6.45, 7) is 0. The molecule has 0 unspecified atom stereocenters. The Morgan fingerprint density at radius 3 is 2.40 bits per heavy atom. The molecule has 0 atom stereocenters. The minimum absolute atomic E-state index is 0.509. The quantitative estimate of drug-likeness (QED) is 0.586. The Morgan fingerprint density at radius 1 is 1.15 bits per heavy atom. The average Bonchev–Trinajstić information content (AvgIpc) is 2.46. The number of halogens is 2. The standard InChI is InChI=1S/C16H11Cl2NO/c1-20-16-7-2-11(9-15(16)18)8-13(10-19)12-3-5-14(17)6-4-12/h2-9H,1H3/b13-8+. The molecule has 2 aromatic rings. The lowest BCUT2D eigenvalue weighted by molar-refractivity contribution is 0.415. The number of nitrogens with zero attached hydrogens (tertiary/aromatic N) is 1. The van der Waals surface area contributed by atoms with Crippen LogP contribution in [-0.4, -0.2) is 7.11 Å². The zero-order valence-corrected chi connectivity index (χ0v) is 12.2. The van der Waals surface area contributed by atoms with Gasteiger partial charge in [-0.05, 0) is 41.5 Å². The van der Waals surface area contributed by atoms with E-state index in [1.54, 1.807) is 37.5 Å². The molecule has 0 aromatic heterocycles. The second kappa shape index (κ2) is 6.47. The first-order valence-corrected chi connectivity index (χ1v) is 6.61. The van der Waals surface area contributed by atoms with Crippen molar-refractivity contribution >= 4 is 34.9 Å². The Bertz CT molecular complexity index is 685. The van der Waals surface area contributed by atoms with E-state index in [1.165, 1.54) is 0 Å². The number of nitriles is 1. The molecule has 0 fully saturated rings. The van der Waals surface area contributed by atoms with Crippen LogP contribution in [-0.2, 0) is 0 Å². The molecule has 0 radical (unpaired) electrons. The van der Waals surface area contributed by atoms with E-state index in [2.05, 4.69) is 6.07 Å². The second-order valence-corrected chi connectivity index (χ2v) is 4.91. The van der Waals surface area contributed by atoms with E-state index >= 15 is 0 Å². The number of hydrogen-bond donors (Lipinski definition) is 0. The van der Waals surface area contributed by atoms with Crippen LogP contribution in [0.2, 0.25) is 10.0 Å². The van der Waals surface area contributed by atoms with Crippen LogP contribution in [0.5, 0.6) is 5.75 Å². The second-order valence-electron chi connectivity index (χ2n) is 4.07. The molecule has 0 aliphatic rings. The normalized spacial score (nSPS) is 11.0. The van der Waals surface area contributed by atoms with Gasteiger partial charge in [0, 0.05) is 5.02 Å². The first-order chi connectivity index (χ1) is 9.63. The smallest absolute Gasteiger partial charge is 0.137 e.